The maximum absolute atomic E-state index is 13.9. The lowest BCUT2D eigenvalue weighted by atomic mass is 10.1. The lowest BCUT2D eigenvalue weighted by Gasteiger charge is -2.11. The molecule has 3 N–H and O–H groups in total. The highest BCUT2D eigenvalue weighted by atomic mass is 19.1. The van der Waals surface area contributed by atoms with E-state index in [1.807, 2.05) is 0 Å². The minimum atomic E-state index is -1.23. The second-order valence-corrected chi connectivity index (χ2v) is 4.20. The van der Waals surface area contributed by atoms with E-state index < -0.39 is 11.8 Å². The number of nitriles is 1. The average molecular weight is 286 g/mol. The molecule has 0 fully saturated rings. The van der Waals surface area contributed by atoms with Crippen LogP contribution in [0.25, 0.3) is 0 Å². The molecule has 0 radical (unpaired) electrons. The number of ether oxygens (including phenoxy) is 1. The molecule has 0 atom stereocenters. The van der Waals surface area contributed by atoms with E-state index in [9.17, 15) is 9.18 Å². The van der Waals surface area contributed by atoms with E-state index >= 15 is 0 Å². The summed E-state index contributed by atoms with van der Waals surface area (Å²) in [4.78, 5) is 11.1. The highest BCUT2D eigenvalue weighted by molar-refractivity contribution is 5.96. The lowest BCUT2D eigenvalue weighted by Crippen LogP contribution is -2.07. The molecule has 0 aliphatic heterocycles. The number of nitrogens with zero attached hydrogens (tertiary/aromatic N) is 1. The first-order chi connectivity index (χ1) is 10.0. The van der Waals surface area contributed by atoms with Crippen LogP contribution in [0, 0.1) is 17.1 Å². The van der Waals surface area contributed by atoms with Gasteiger partial charge in [0, 0.05) is 11.3 Å². The van der Waals surface area contributed by atoms with Crippen LogP contribution in [0.15, 0.2) is 36.4 Å². The Labute approximate surface area is 120 Å². The van der Waals surface area contributed by atoms with Crippen LogP contribution in [0.4, 0.5) is 10.1 Å². The predicted molar refractivity (Wildman–Crippen MR) is 73.3 cm³/mol. The van der Waals surface area contributed by atoms with Crippen molar-refractivity contribution >= 4 is 11.7 Å². The molecule has 2 rings (SSSR count). The zero-order valence-corrected chi connectivity index (χ0v) is 10.8. The monoisotopic (exact) mass is 286 g/mol. The van der Waals surface area contributed by atoms with E-state index in [0.717, 1.165) is 0 Å². The van der Waals surface area contributed by atoms with Gasteiger partial charge in [-0.15, -0.1) is 0 Å². The van der Waals surface area contributed by atoms with Crippen LogP contribution in [0.1, 0.15) is 21.5 Å². The second kappa shape index (κ2) is 5.92. The molecule has 21 heavy (non-hydrogen) atoms. The number of carbonyl (C=O) groups is 1. The van der Waals surface area contributed by atoms with Crippen molar-refractivity contribution in [1.82, 2.24) is 0 Å². The Kier molecular flexibility index (Phi) is 4.05. The quantitative estimate of drug-likeness (QED) is 0.842. The van der Waals surface area contributed by atoms with Crippen molar-refractivity contribution in [3.8, 4) is 11.8 Å². The standard InChI is InChI=1S/C15H11FN2O3/c16-14-9(7-17)3-1-4-10(14)8-21-12-6-2-5-11(18)13(12)15(19)20/h1-6H,8,18H2,(H,19,20). The molecule has 0 heterocycles. The number of halogens is 1. The van der Waals surface area contributed by atoms with Gasteiger partial charge in [-0.05, 0) is 18.2 Å². The van der Waals surface area contributed by atoms with E-state index in [-0.39, 0.29) is 34.7 Å². The molecule has 106 valence electrons. The van der Waals surface area contributed by atoms with E-state index in [1.54, 1.807) is 12.1 Å². The normalized spacial score (nSPS) is 9.90. The molecule has 0 saturated carbocycles. The number of anilines is 1. The third kappa shape index (κ3) is 2.92. The molecule has 0 aliphatic rings. The summed E-state index contributed by atoms with van der Waals surface area (Å²) in [6.07, 6.45) is 0. The third-order valence-electron chi connectivity index (χ3n) is 2.85. The van der Waals surface area contributed by atoms with Gasteiger partial charge in [-0.3, -0.25) is 0 Å². The molecule has 0 unspecified atom stereocenters. The Morgan fingerprint density at radius 2 is 2.05 bits per heavy atom. The maximum atomic E-state index is 13.9. The number of rotatable bonds is 4. The van der Waals surface area contributed by atoms with Crippen molar-refractivity contribution in [3.63, 3.8) is 0 Å². The lowest BCUT2D eigenvalue weighted by molar-refractivity contribution is 0.0693. The van der Waals surface area contributed by atoms with Gasteiger partial charge in [0.2, 0.25) is 0 Å². The van der Waals surface area contributed by atoms with Crippen molar-refractivity contribution in [3.05, 3.63) is 58.9 Å². The van der Waals surface area contributed by atoms with Crippen molar-refractivity contribution in [2.24, 2.45) is 0 Å². The molecular weight excluding hydrogens is 275 g/mol. The van der Waals surface area contributed by atoms with Gasteiger partial charge in [-0.25, -0.2) is 9.18 Å². The predicted octanol–water partition coefficient (Wildman–Crippen LogP) is 2.56. The highest BCUT2D eigenvalue weighted by Gasteiger charge is 2.16. The van der Waals surface area contributed by atoms with Gasteiger partial charge in [-0.2, -0.15) is 5.26 Å². The van der Waals surface area contributed by atoms with Crippen molar-refractivity contribution in [2.45, 2.75) is 6.61 Å². The highest BCUT2D eigenvalue weighted by Crippen LogP contribution is 2.25. The van der Waals surface area contributed by atoms with Crippen LogP contribution in [-0.2, 0) is 6.61 Å². The van der Waals surface area contributed by atoms with Gasteiger partial charge in [0.1, 0.15) is 29.8 Å². The van der Waals surface area contributed by atoms with Crippen molar-refractivity contribution < 1.29 is 19.0 Å². The first kappa shape index (κ1) is 14.3. The number of aromatic carboxylic acids is 1. The summed E-state index contributed by atoms with van der Waals surface area (Å²) in [5.41, 5.74) is 5.54. The largest absolute Gasteiger partial charge is 0.488 e. The Hall–Kier alpha value is -3.07. The fourth-order valence-electron chi connectivity index (χ4n) is 1.83. The molecule has 2 aromatic rings. The first-order valence-corrected chi connectivity index (χ1v) is 5.96. The smallest absolute Gasteiger partial charge is 0.341 e. The summed E-state index contributed by atoms with van der Waals surface area (Å²) in [5.74, 6) is -1.86. The third-order valence-corrected chi connectivity index (χ3v) is 2.85. The summed E-state index contributed by atoms with van der Waals surface area (Å²) in [6.45, 7) is -0.203. The van der Waals surface area contributed by atoms with Gasteiger partial charge >= 0.3 is 5.97 Å². The Morgan fingerprint density at radius 3 is 2.71 bits per heavy atom. The number of nitrogens with two attached hydrogens (primary N) is 1. The van der Waals surface area contributed by atoms with Gasteiger partial charge in [-0.1, -0.05) is 18.2 Å². The molecule has 0 bridgehead atoms. The van der Waals surface area contributed by atoms with Crippen LogP contribution in [0.5, 0.6) is 5.75 Å². The summed E-state index contributed by atoms with van der Waals surface area (Å²) >= 11 is 0. The molecule has 0 aromatic heterocycles. The number of nitrogen functional groups attached to an aromatic ring is 1. The van der Waals surface area contributed by atoms with Gasteiger partial charge < -0.3 is 15.6 Å². The Bertz CT molecular complexity index is 738. The summed E-state index contributed by atoms with van der Waals surface area (Å²) < 4.78 is 19.2. The van der Waals surface area contributed by atoms with Crippen LogP contribution in [-0.4, -0.2) is 11.1 Å². The fraction of sp³-hybridized carbons (Fsp3) is 0.0667. The van der Waals surface area contributed by atoms with Crippen LogP contribution in [0.2, 0.25) is 0 Å². The fourth-order valence-corrected chi connectivity index (χ4v) is 1.83. The molecule has 5 nitrogen and oxygen atoms in total. The van der Waals surface area contributed by atoms with Gasteiger partial charge in [0.05, 0.1) is 5.56 Å². The molecule has 0 aliphatic carbocycles. The summed E-state index contributed by atoms with van der Waals surface area (Å²) in [7, 11) is 0. The molecule has 0 spiro atoms. The zero-order valence-electron chi connectivity index (χ0n) is 10.8. The SMILES string of the molecule is N#Cc1cccc(COc2cccc(N)c2C(=O)O)c1F. The number of hydrogen-bond donors (Lipinski definition) is 2. The second-order valence-electron chi connectivity index (χ2n) is 4.20. The average Bonchev–Trinajstić information content (AvgIpc) is 2.45. The van der Waals surface area contributed by atoms with E-state index in [1.165, 1.54) is 30.3 Å². The molecule has 2 aromatic carbocycles. The number of benzene rings is 2. The van der Waals surface area contributed by atoms with E-state index in [4.69, 9.17) is 20.8 Å². The van der Waals surface area contributed by atoms with Crippen molar-refractivity contribution in [1.29, 1.82) is 5.26 Å². The topological polar surface area (TPSA) is 96.3 Å². The number of carboxylic acids is 1. The molecular formula is C15H11FN2O3. The van der Waals surface area contributed by atoms with E-state index in [2.05, 4.69) is 0 Å². The van der Waals surface area contributed by atoms with E-state index in [0.29, 0.717) is 0 Å². The molecule has 6 heteroatoms. The van der Waals surface area contributed by atoms with Crippen LogP contribution < -0.4 is 10.5 Å². The van der Waals surface area contributed by atoms with Gasteiger partial charge in [0.25, 0.3) is 0 Å². The molecule has 0 amide bonds. The molecule has 0 saturated heterocycles. The maximum Gasteiger partial charge on any atom is 0.341 e. The van der Waals surface area contributed by atoms with Crippen LogP contribution >= 0.6 is 0 Å². The van der Waals surface area contributed by atoms with Crippen LogP contribution in [0.3, 0.4) is 0 Å². The van der Waals surface area contributed by atoms with Gasteiger partial charge in [0.15, 0.2) is 0 Å². The van der Waals surface area contributed by atoms with Crippen molar-refractivity contribution in [2.75, 3.05) is 5.73 Å². The zero-order chi connectivity index (χ0) is 15.4. The Morgan fingerprint density at radius 1 is 1.33 bits per heavy atom. The number of carboxylic acid groups (broad SMARTS) is 1. The first-order valence-electron chi connectivity index (χ1n) is 5.96. The number of hydrogen-bond acceptors (Lipinski definition) is 4. The minimum absolute atomic E-state index is 0.0456. The Balaban J connectivity index is 2.28. The minimum Gasteiger partial charge on any atom is -0.488 e. The summed E-state index contributed by atoms with van der Waals surface area (Å²) in [5, 5.41) is 17.9. The summed E-state index contributed by atoms with van der Waals surface area (Å²) in [6, 6.07) is 10.5.